The molecule has 1 heterocycles. The van der Waals surface area contributed by atoms with Gasteiger partial charge in [0, 0.05) is 19.6 Å². The fourth-order valence-electron chi connectivity index (χ4n) is 2.19. The molecule has 0 N–H and O–H groups in total. The molecule has 1 fully saturated rings. The van der Waals surface area contributed by atoms with Gasteiger partial charge in [-0.05, 0) is 33.0 Å². The largest absolute Gasteiger partial charge is 0.298 e. The van der Waals surface area contributed by atoms with E-state index >= 15 is 0 Å². The number of hydrogen-bond donors (Lipinski definition) is 0. The van der Waals surface area contributed by atoms with Crippen LogP contribution in [0.15, 0.2) is 22.7 Å². The smallest absolute Gasteiger partial charge is 0.137 e. The van der Waals surface area contributed by atoms with Crippen molar-refractivity contribution in [2.24, 2.45) is 5.41 Å². The molecule has 0 bridgehead atoms. The highest BCUT2D eigenvalue weighted by molar-refractivity contribution is 9.10. The Bertz CT molecular complexity index is 368. The van der Waals surface area contributed by atoms with Gasteiger partial charge in [0.05, 0.1) is 4.47 Å². The van der Waals surface area contributed by atoms with Crippen LogP contribution in [0, 0.1) is 11.2 Å². The lowest BCUT2D eigenvalue weighted by molar-refractivity contribution is 0.0240. The Morgan fingerprint density at radius 2 is 2.07 bits per heavy atom. The number of likely N-dealkylation sites (tertiary alicyclic amines) is 1. The summed E-state index contributed by atoms with van der Waals surface area (Å²) in [6.45, 7) is 7.53. The normalized spacial score (nSPS) is 20.0. The topological polar surface area (TPSA) is 3.24 Å². The highest BCUT2D eigenvalue weighted by atomic mass is 79.9. The lowest BCUT2D eigenvalue weighted by Gasteiger charge is -2.46. The molecule has 1 nitrogen and oxygen atoms in total. The Morgan fingerprint density at radius 3 is 2.67 bits per heavy atom. The second kappa shape index (κ2) is 3.87. The molecule has 3 heteroatoms. The minimum atomic E-state index is -0.174. The molecule has 0 atom stereocenters. The molecule has 1 aromatic rings. The van der Waals surface area contributed by atoms with Crippen LogP contribution in [-0.2, 0) is 6.54 Å². The van der Waals surface area contributed by atoms with Crippen LogP contribution in [0.5, 0.6) is 0 Å². The highest BCUT2D eigenvalue weighted by Crippen LogP contribution is 2.31. The molecule has 82 valence electrons. The van der Waals surface area contributed by atoms with Crippen molar-refractivity contribution in [1.29, 1.82) is 0 Å². The maximum absolute atomic E-state index is 13.2. The van der Waals surface area contributed by atoms with Crippen LogP contribution in [0.3, 0.4) is 0 Å². The number of benzene rings is 1. The molecule has 0 saturated carbocycles. The molecule has 0 amide bonds. The van der Waals surface area contributed by atoms with Crippen LogP contribution in [0.25, 0.3) is 0 Å². The zero-order valence-corrected chi connectivity index (χ0v) is 10.6. The Hall–Kier alpha value is -0.410. The van der Waals surface area contributed by atoms with E-state index in [1.165, 1.54) is 6.07 Å². The lowest BCUT2D eigenvalue weighted by Crippen LogP contribution is -2.52. The molecular weight excluding hydrogens is 257 g/mol. The first-order chi connectivity index (χ1) is 6.98. The first kappa shape index (κ1) is 11.1. The van der Waals surface area contributed by atoms with Crippen molar-refractivity contribution in [2.75, 3.05) is 13.1 Å². The third kappa shape index (κ3) is 2.40. The van der Waals surface area contributed by atoms with Gasteiger partial charge in [0.25, 0.3) is 0 Å². The zero-order chi connectivity index (χ0) is 11.1. The average molecular weight is 272 g/mol. The summed E-state index contributed by atoms with van der Waals surface area (Å²) < 4.78 is 13.8. The van der Waals surface area contributed by atoms with Crippen LogP contribution < -0.4 is 0 Å². The van der Waals surface area contributed by atoms with Crippen molar-refractivity contribution in [1.82, 2.24) is 4.90 Å². The van der Waals surface area contributed by atoms with E-state index < -0.39 is 0 Å². The monoisotopic (exact) mass is 271 g/mol. The summed E-state index contributed by atoms with van der Waals surface area (Å²) in [6.07, 6.45) is 0. The van der Waals surface area contributed by atoms with Crippen molar-refractivity contribution in [2.45, 2.75) is 20.4 Å². The molecule has 1 saturated heterocycles. The van der Waals surface area contributed by atoms with Gasteiger partial charge in [-0.25, -0.2) is 4.39 Å². The lowest BCUT2D eigenvalue weighted by atomic mass is 9.84. The van der Waals surface area contributed by atoms with E-state index in [2.05, 4.69) is 34.7 Å². The molecule has 0 unspecified atom stereocenters. The van der Waals surface area contributed by atoms with Crippen LogP contribution >= 0.6 is 15.9 Å². The first-order valence-corrected chi connectivity index (χ1v) is 5.92. The Kier molecular flexibility index (Phi) is 2.86. The molecule has 1 aromatic carbocycles. The molecule has 2 rings (SSSR count). The van der Waals surface area contributed by atoms with Crippen LogP contribution in [0.1, 0.15) is 19.4 Å². The number of halogens is 2. The first-order valence-electron chi connectivity index (χ1n) is 5.13. The number of nitrogens with zero attached hydrogens (tertiary/aromatic N) is 1. The Morgan fingerprint density at radius 1 is 1.40 bits per heavy atom. The van der Waals surface area contributed by atoms with E-state index in [0.717, 1.165) is 25.2 Å². The van der Waals surface area contributed by atoms with Gasteiger partial charge >= 0.3 is 0 Å². The Balaban J connectivity index is 2.03. The Labute approximate surface area is 98.4 Å². The SMILES string of the molecule is CC1(C)CN(Cc2cccc(F)c2Br)C1. The minimum Gasteiger partial charge on any atom is -0.298 e. The van der Waals surface area contributed by atoms with Gasteiger partial charge in [-0.2, -0.15) is 0 Å². The van der Waals surface area contributed by atoms with E-state index in [9.17, 15) is 4.39 Å². The summed E-state index contributed by atoms with van der Waals surface area (Å²) in [5, 5.41) is 0. The van der Waals surface area contributed by atoms with E-state index in [1.807, 2.05) is 6.07 Å². The van der Waals surface area contributed by atoms with Gasteiger partial charge in [0.1, 0.15) is 5.82 Å². The fourth-order valence-corrected chi connectivity index (χ4v) is 2.58. The molecule has 0 aromatic heterocycles. The predicted molar refractivity (Wildman–Crippen MR) is 63.2 cm³/mol. The second-order valence-corrected chi connectivity index (χ2v) is 5.82. The van der Waals surface area contributed by atoms with Gasteiger partial charge in [-0.15, -0.1) is 0 Å². The van der Waals surface area contributed by atoms with Crippen molar-refractivity contribution in [3.05, 3.63) is 34.1 Å². The average Bonchev–Trinajstić information content (AvgIpc) is 2.10. The maximum atomic E-state index is 13.2. The number of hydrogen-bond acceptors (Lipinski definition) is 1. The predicted octanol–water partition coefficient (Wildman–Crippen LogP) is 3.43. The maximum Gasteiger partial charge on any atom is 0.137 e. The van der Waals surface area contributed by atoms with Crippen molar-refractivity contribution < 1.29 is 4.39 Å². The van der Waals surface area contributed by atoms with Crippen molar-refractivity contribution in [3.8, 4) is 0 Å². The van der Waals surface area contributed by atoms with E-state index in [1.54, 1.807) is 6.07 Å². The molecule has 1 aliphatic rings. The molecule has 0 aliphatic carbocycles. The summed E-state index contributed by atoms with van der Waals surface area (Å²) >= 11 is 3.29. The summed E-state index contributed by atoms with van der Waals surface area (Å²) in [4.78, 5) is 2.33. The molecule has 0 spiro atoms. The van der Waals surface area contributed by atoms with Crippen molar-refractivity contribution >= 4 is 15.9 Å². The minimum absolute atomic E-state index is 0.174. The molecule has 0 radical (unpaired) electrons. The van der Waals surface area contributed by atoms with Crippen molar-refractivity contribution in [3.63, 3.8) is 0 Å². The van der Waals surface area contributed by atoms with E-state index in [-0.39, 0.29) is 5.82 Å². The quantitative estimate of drug-likeness (QED) is 0.797. The van der Waals surface area contributed by atoms with Gasteiger partial charge in [0.15, 0.2) is 0 Å². The van der Waals surface area contributed by atoms with Gasteiger partial charge in [0.2, 0.25) is 0 Å². The van der Waals surface area contributed by atoms with Crippen LogP contribution in [0.2, 0.25) is 0 Å². The van der Waals surface area contributed by atoms with Crippen LogP contribution in [-0.4, -0.2) is 18.0 Å². The number of rotatable bonds is 2. The standard InChI is InChI=1S/C12H15BrFN/c1-12(2)7-15(8-12)6-9-4-3-5-10(14)11(9)13/h3-5H,6-8H2,1-2H3. The fraction of sp³-hybridized carbons (Fsp3) is 0.500. The zero-order valence-electron chi connectivity index (χ0n) is 9.06. The molecular formula is C12H15BrFN. The molecule has 15 heavy (non-hydrogen) atoms. The summed E-state index contributed by atoms with van der Waals surface area (Å²) in [5.74, 6) is -0.174. The van der Waals surface area contributed by atoms with Gasteiger partial charge < -0.3 is 0 Å². The van der Waals surface area contributed by atoms with Crippen LogP contribution in [0.4, 0.5) is 4.39 Å². The summed E-state index contributed by atoms with van der Waals surface area (Å²) in [6, 6.07) is 5.21. The highest BCUT2D eigenvalue weighted by Gasteiger charge is 2.33. The third-order valence-corrected chi connectivity index (χ3v) is 3.62. The summed E-state index contributed by atoms with van der Waals surface area (Å²) in [5.41, 5.74) is 1.46. The van der Waals surface area contributed by atoms with Gasteiger partial charge in [-0.1, -0.05) is 26.0 Å². The van der Waals surface area contributed by atoms with E-state index in [4.69, 9.17) is 0 Å². The molecule has 1 aliphatic heterocycles. The summed E-state index contributed by atoms with van der Waals surface area (Å²) in [7, 11) is 0. The van der Waals surface area contributed by atoms with Gasteiger partial charge in [-0.3, -0.25) is 4.90 Å². The third-order valence-electron chi connectivity index (χ3n) is 2.73. The van der Waals surface area contributed by atoms with E-state index in [0.29, 0.717) is 9.89 Å². The second-order valence-electron chi connectivity index (χ2n) is 5.02.